The van der Waals surface area contributed by atoms with E-state index in [4.69, 9.17) is 5.11 Å². The molecular formula is C13H15FN2O3. The van der Waals surface area contributed by atoms with Crippen LogP contribution in [0.1, 0.15) is 28.8 Å². The normalized spacial score (nSPS) is 19.0. The van der Waals surface area contributed by atoms with E-state index in [0.717, 1.165) is 12.8 Å². The maximum Gasteiger partial charge on any atom is 0.338 e. The number of nitrogens with one attached hydrogen (secondary N) is 2. The number of carboxylic acid groups (broad SMARTS) is 1. The van der Waals surface area contributed by atoms with E-state index in [2.05, 4.69) is 10.6 Å². The van der Waals surface area contributed by atoms with Crippen LogP contribution in [0.5, 0.6) is 0 Å². The monoisotopic (exact) mass is 266 g/mol. The summed E-state index contributed by atoms with van der Waals surface area (Å²) in [6.07, 6.45) is 1.66. The Balaban J connectivity index is 1.98. The van der Waals surface area contributed by atoms with Crippen LogP contribution in [0.2, 0.25) is 0 Å². The molecule has 0 spiro atoms. The fourth-order valence-corrected chi connectivity index (χ4v) is 2.05. The van der Waals surface area contributed by atoms with Gasteiger partial charge in [0.25, 0.3) is 0 Å². The first-order chi connectivity index (χ1) is 9.08. The molecule has 1 heterocycles. The Hall–Kier alpha value is -1.95. The molecule has 1 fully saturated rings. The average Bonchev–Trinajstić information content (AvgIpc) is 2.37. The zero-order valence-corrected chi connectivity index (χ0v) is 10.3. The van der Waals surface area contributed by atoms with Gasteiger partial charge in [-0.15, -0.1) is 0 Å². The van der Waals surface area contributed by atoms with E-state index in [0.29, 0.717) is 18.7 Å². The number of aromatic carboxylic acids is 1. The number of carbonyl (C=O) groups is 2. The zero-order valence-electron chi connectivity index (χ0n) is 10.3. The molecule has 1 aliphatic heterocycles. The minimum absolute atomic E-state index is 0.0473. The highest BCUT2D eigenvalue weighted by Crippen LogP contribution is 2.11. The lowest BCUT2D eigenvalue weighted by Gasteiger charge is -2.22. The predicted octanol–water partition coefficient (Wildman–Crippen LogP) is 0.892. The number of hydrogen-bond acceptors (Lipinski definition) is 3. The summed E-state index contributed by atoms with van der Waals surface area (Å²) < 4.78 is 13.5. The number of hydrogen-bond donors (Lipinski definition) is 3. The van der Waals surface area contributed by atoms with Crippen LogP contribution in [0.25, 0.3) is 0 Å². The highest BCUT2D eigenvalue weighted by Gasteiger charge is 2.21. The maximum absolute atomic E-state index is 13.5. The Bertz CT molecular complexity index is 505. The number of carboxylic acids is 1. The van der Waals surface area contributed by atoms with E-state index in [9.17, 15) is 14.0 Å². The highest BCUT2D eigenvalue weighted by molar-refractivity contribution is 5.87. The summed E-state index contributed by atoms with van der Waals surface area (Å²) in [5.74, 6) is -2.10. The van der Waals surface area contributed by atoms with Gasteiger partial charge in [-0.25, -0.2) is 9.18 Å². The van der Waals surface area contributed by atoms with Gasteiger partial charge in [0.1, 0.15) is 5.82 Å². The fourth-order valence-electron chi connectivity index (χ4n) is 2.05. The van der Waals surface area contributed by atoms with Crippen LogP contribution in [0, 0.1) is 5.82 Å². The SMILES string of the molecule is O=C(O)c1ccc(CNC2CCCNC2=O)cc1F. The van der Waals surface area contributed by atoms with Gasteiger partial charge in [0.05, 0.1) is 11.6 Å². The molecule has 0 aliphatic carbocycles. The molecule has 1 aromatic rings. The first-order valence-electron chi connectivity index (χ1n) is 6.11. The molecule has 1 aliphatic rings. The molecule has 1 aromatic carbocycles. The van der Waals surface area contributed by atoms with Crippen LogP contribution in [0.15, 0.2) is 18.2 Å². The highest BCUT2D eigenvalue weighted by atomic mass is 19.1. The Kier molecular flexibility index (Phi) is 4.11. The summed E-state index contributed by atoms with van der Waals surface area (Å²) >= 11 is 0. The van der Waals surface area contributed by atoms with Crippen molar-refractivity contribution in [2.45, 2.75) is 25.4 Å². The lowest BCUT2D eigenvalue weighted by atomic mass is 10.1. The minimum Gasteiger partial charge on any atom is -0.478 e. The second kappa shape index (κ2) is 5.79. The number of benzene rings is 1. The molecule has 102 valence electrons. The second-order valence-electron chi connectivity index (χ2n) is 4.49. The van der Waals surface area contributed by atoms with Crippen LogP contribution in [-0.2, 0) is 11.3 Å². The third-order valence-corrected chi connectivity index (χ3v) is 3.10. The number of halogens is 1. The Morgan fingerprint density at radius 1 is 1.53 bits per heavy atom. The van der Waals surface area contributed by atoms with E-state index in [1.54, 1.807) is 6.07 Å². The molecule has 19 heavy (non-hydrogen) atoms. The summed E-state index contributed by atoms with van der Waals surface area (Å²) in [6, 6.07) is 3.68. The van der Waals surface area contributed by atoms with Crippen molar-refractivity contribution in [1.29, 1.82) is 0 Å². The van der Waals surface area contributed by atoms with Crippen molar-refractivity contribution in [3.05, 3.63) is 35.1 Å². The molecule has 1 atom stereocenters. The first-order valence-corrected chi connectivity index (χ1v) is 6.11. The lowest BCUT2D eigenvalue weighted by Crippen LogP contribution is -2.47. The van der Waals surface area contributed by atoms with Gasteiger partial charge in [0, 0.05) is 13.1 Å². The predicted molar refractivity (Wildman–Crippen MR) is 66.2 cm³/mol. The maximum atomic E-state index is 13.5. The molecule has 5 nitrogen and oxygen atoms in total. The van der Waals surface area contributed by atoms with E-state index >= 15 is 0 Å². The molecule has 1 amide bonds. The van der Waals surface area contributed by atoms with Gasteiger partial charge in [-0.05, 0) is 30.5 Å². The molecule has 1 saturated heterocycles. The molecule has 3 N–H and O–H groups in total. The molecule has 0 aromatic heterocycles. The van der Waals surface area contributed by atoms with Crippen molar-refractivity contribution >= 4 is 11.9 Å². The van der Waals surface area contributed by atoms with Crippen LogP contribution in [-0.4, -0.2) is 29.6 Å². The average molecular weight is 266 g/mol. The summed E-state index contributed by atoms with van der Waals surface area (Å²) in [6.45, 7) is 1.02. The van der Waals surface area contributed by atoms with Crippen molar-refractivity contribution in [3.63, 3.8) is 0 Å². The summed E-state index contributed by atoms with van der Waals surface area (Å²) in [5, 5.41) is 14.5. The summed E-state index contributed by atoms with van der Waals surface area (Å²) in [7, 11) is 0. The zero-order chi connectivity index (χ0) is 13.8. The fraction of sp³-hybridized carbons (Fsp3) is 0.385. The molecule has 0 radical (unpaired) electrons. The Labute approximate surface area is 109 Å². The number of carbonyl (C=O) groups excluding carboxylic acids is 1. The van der Waals surface area contributed by atoms with Gasteiger partial charge in [0.2, 0.25) is 5.91 Å². The molecular weight excluding hydrogens is 251 g/mol. The minimum atomic E-state index is -1.29. The van der Waals surface area contributed by atoms with Crippen LogP contribution in [0.3, 0.4) is 0 Å². The van der Waals surface area contributed by atoms with Crippen LogP contribution >= 0.6 is 0 Å². The molecule has 6 heteroatoms. The van der Waals surface area contributed by atoms with Gasteiger partial charge in [-0.3, -0.25) is 4.79 Å². The van der Waals surface area contributed by atoms with Gasteiger partial charge in [0.15, 0.2) is 0 Å². The Morgan fingerprint density at radius 2 is 2.32 bits per heavy atom. The van der Waals surface area contributed by atoms with Crippen molar-refractivity contribution in [2.75, 3.05) is 6.54 Å². The molecule has 2 rings (SSSR count). The third kappa shape index (κ3) is 3.29. The molecule has 0 bridgehead atoms. The van der Waals surface area contributed by atoms with E-state index in [1.807, 2.05) is 0 Å². The number of piperidine rings is 1. The standard InChI is InChI=1S/C13H15FN2O3/c14-10-6-8(3-4-9(10)13(18)19)7-16-11-2-1-5-15-12(11)17/h3-4,6,11,16H,1-2,5,7H2,(H,15,17)(H,18,19). The van der Waals surface area contributed by atoms with Crippen LogP contribution < -0.4 is 10.6 Å². The van der Waals surface area contributed by atoms with Crippen LogP contribution in [0.4, 0.5) is 4.39 Å². The van der Waals surface area contributed by atoms with Crippen molar-refractivity contribution in [1.82, 2.24) is 10.6 Å². The molecule has 0 saturated carbocycles. The van der Waals surface area contributed by atoms with E-state index in [-0.39, 0.29) is 17.5 Å². The van der Waals surface area contributed by atoms with Crippen molar-refractivity contribution < 1.29 is 19.1 Å². The van der Waals surface area contributed by atoms with Gasteiger partial charge < -0.3 is 15.7 Å². The Morgan fingerprint density at radius 3 is 2.95 bits per heavy atom. The quantitative estimate of drug-likeness (QED) is 0.756. The second-order valence-corrected chi connectivity index (χ2v) is 4.49. The van der Waals surface area contributed by atoms with Gasteiger partial charge in [-0.1, -0.05) is 6.07 Å². The van der Waals surface area contributed by atoms with Gasteiger partial charge >= 0.3 is 5.97 Å². The summed E-state index contributed by atoms with van der Waals surface area (Å²) in [5.41, 5.74) is 0.264. The molecule has 1 unspecified atom stereocenters. The topological polar surface area (TPSA) is 78.4 Å². The third-order valence-electron chi connectivity index (χ3n) is 3.10. The van der Waals surface area contributed by atoms with E-state index in [1.165, 1.54) is 12.1 Å². The number of amides is 1. The lowest BCUT2D eigenvalue weighted by molar-refractivity contribution is -0.124. The smallest absolute Gasteiger partial charge is 0.338 e. The first kappa shape index (κ1) is 13.5. The largest absolute Gasteiger partial charge is 0.478 e. The van der Waals surface area contributed by atoms with Crippen molar-refractivity contribution in [3.8, 4) is 0 Å². The summed E-state index contributed by atoms with van der Waals surface area (Å²) in [4.78, 5) is 22.2. The van der Waals surface area contributed by atoms with E-state index < -0.39 is 11.8 Å². The van der Waals surface area contributed by atoms with Crippen molar-refractivity contribution in [2.24, 2.45) is 0 Å². The number of rotatable bonds is 4. The van der Waals surface area contributed by atoms with Gasteiger partial charge in [-0.2, -0.15) is 0 Å².